The first-order valence-electron chi connectivity index (χ1n) is 12.2. The molecule has 3 nitrogen and oxygen atoms in total. The second kappa shape index (κ2) is 12.0. The molecule has 0 spiro atoms. The van der Waals surface area contributed by atoms with Gasteiger partial charge in [0.1, 0.15) is 12.4 Å². The largest absolute Gasteiger partial charge is 0.491 e. The number of hydrogen-bond acceptors (Lipinski definition) is 3. The van der Waals surface area contributed by atoms with E-state index in [2.05, 4.69) is 38.1 Å². The van der Waals surface area contributed by atoms with Gasteiger partial charge < -0.3 is 14.2 Å². The van der Waals surface area contributed by atoms with Crippen molar-refractivity contribution in [3.63, 3.8) is 0 Å². The van der Waals surface area contributed by atoms with Crippen LogP contribution >= 0.6 is 0 Å². The Labute approximate surface area is 178 Å². The van der Waals surface area contributed by atoms with Crippen LogP contribution in [0.4, 0.5) is 0 Å². The van der Waals surface area contributed by atoms with Crippen LogP contribution < -0.4 is 4.74 Å². The van der Waals surface area contributed by atoms with Gasteiger partial charge in [-0.1, -0.05) is 64.5 Å². The Balaban J connectivity index is 1.31. The molecule has 0 bridgehead atoms. The first kappa shape index (κ1) is 22.6. The Morgan fingerprint density at radius 3 is 2.38 bits per heavy atom. The van der Waals surface area contributed by atoms with E-state index in [0.717, 1.165) is 23.5 Å². The van der Waals surface area contributed by atoms with Crippen LogP contribution in [-0.4, -0.2) is 25.6 Å². The molecule has 1 aromatic carbocycles. The molecule has 0 aromatic heterocycles. The van der Waals surface area contributed by atoms with Crippen LogP contribution in [0.5, 0.6) is 5.75 Å². The maximum absolute atomic E-state index is 6.17. The van der Waals surface area contributed by atoms with Gasteiger partial charge in [-0.3, -0.25) is 0 Å². The average Bonchev–Trinajstić information content (AvgIpc) is 2.77. The van der Waals surface area contributed by atoms with Crippen molar-refractivity contribution < 1.29 is 14.2 Å². The van der Waals surface area contributed by atoms with Crippen molar-refractivity contribution in [3.8, 4) is 5.75 Å². The lowest BCUT2D eigenvalue weighted by Crippen LogP contribution is -2.30. The molecule has 1 aromatic rings. The van der Waals surface area contributed by atoms with Crippen LogP contribution in [0.2, 0.25) is 0 Å². The van der Waals surface area contributed by atoms with Gasteiger partial charge in [-0.25, -0.2) is 0 Å². The highest BCUT2D eigenvalue weighted by Gasteiger charge is 2.27. The van der Waals surface area contributed by atoms with Crippen LogP contribution in [0, 0.1) is 11.8 Å². The first-order chi connectivity index (χ1) is 14.2. The molecule has 2 fully saturated rings. The van der Waals surface area contributed by atoms with Crippen molar-refractivity contribution in [1.29, 1.82) is 0 Å². The van der Waals surface area contributed by atoms with E-state index < -0.39 is 0 Å². The summed E-state index contributed by atoms with van der Waals surface area (Å²) in [6.07, 6.45) is 13.3. The standard InChI is InChI=1S/C26H42O3/c1-4-20(2)24-11-8-12-26(19-24)29-21(3)27-17-18-28-25-15-13-23(14-16-25)22-9-6-5-7-10-22/h13-16,20-22,24,26H,4-12,17-19H2,1-3H3. The molecule has 2 aliphatic rings. The third kappa shape index (κ3) is 7.29. The highest BCUT2D eigenvalue weighted by Crippen LogP contribution is 2.34. The fraction of sp³-hybridized carbons (Fsp3) is 0.769. The summed E-state index contributed by atoms with van der Waals surface area (Å²) in [4.78, 5) is 0. The van der Waals surface area contributed by atoms with Gasteiger partial charge in [0.05, 0.1) is 12.7 Å². The van der Waals surface area contributed by atoms with Crippen LogP contribution in [0.25, 0.3) is 0 Å². The van der Waals surface area contributed by atoms with E-state index in [1.54, 1.807) is 0 Å². The highest BCUT2D eigenvalue weighted by molar-refractivity contribution is 5.29. The van der Waals surface area contributed by atoms with Crippen molar-refractivity contribution in [2.75, 3.05) is 13.2 Å². The van der Waals surface area contributed by atoms with Gasteiger partial charge in [-0.2, -0.15) is 0 Å². The quantitative estimate of drug-likeness (QED) is 0.309. The number of rotatable bonds is 10. The summed E-state index contributed by atoms with van der Waals surface area (Å²) < 4.78 is 17.9. The maximum Gasteiger partial charge on any atom is 0.155 e. The summed E-state index contributed by atoms with van der Waals surface area (Å²) in [5.74, 6) is 3.30. The second-order valence-corrected chi connectivity index (χ2v) is 9.26. The summed E-state index contributed by atoms with van der Waals surface area (Å²) in [5.41, 5.74) is 1.47. The minimum absolute atomic E-state index is 0.159. The van der Waals surface area contributed by atoms with E-state index in [4.69, 9.17) is 14.2 Å². The van der Waals surface area contributed by atoms with E-state index >= 15 is 0 Å². The molecule has 2 aliphatic carbocycles. The summed E-state index contributed by atoms with van der Waals surface area (Å²) in [7, 11) is 0. The Morgan fingerprint density at radius 1 is 0.897 bits per heavy atom. The second-order valence-electron chi connectivity index (χ2n) is 9.26. The van der Waals surface area contributed by atoms with E-state index in [1.165, 1.54) is 69.8 Å². The van der Waals surface area contributed by atoms with Crippen LogP contribution in [0.15, 0.2) is 24.3 Å². The van der Waals surface area contributed by atoms with Crippen molar-refractivity contribution in [3.05, 3.63) is 29.8 Å². The molecular weight excluding hydrogens is 360 g/mol. The Morgan fingerprint density at radius 2 is 1.66 bits per heavy atom. The molecule has 3 rings (SSSR count). The van der Waals surface area contributed by atoms with Crippen molar-refractivity contribution in [2.24, 2.45) is 11.8 Å². The lowest BCUT2D eigenvalue weighted by Gasteiger charge is -2.33. The van der Waals surface area contributed by atoms with Crippen LogP contribution in [-0.2, 0) is 9.47 Å². The molecule has 0 N–H and O–H groups in total. The molecule has 0 heterocycles. The lowest BCUT2D eigenvalue weighted by molar-refractivity contribution is -0.173. The zero-order chi connectivity index (χ0) is 20.5. The Kier molecular flexibility index (Phi) is 9.33. The van der Waals surface area contributed by atoms with Gasteiger partial charge in [-0.05, 0) is 68.1 Å². The summed E-state index contributed by atoms with van der Waals surface area (Å²) in [6.45, 7) is 7.83. The van der Waals surface area contributed by atoms with Gasteiger partial charge in [0.2, 0.25) is 0 Å². The SMILES string of the molecule is CCC(C)C1CCCC(OC(C)OCCOc2ccc(C3CCCCC3)cc2)C1. The molecule has 29 heavy (non-hydrogen) atoms. The van der Waals surface area contributed by atoms with Gasteiger partial charge in [0, 0.05) is 0 Å². The molecule has 0 saturated heterocycles. The van der Waals surface area contributed by atoms with E-state index in [0.29, 0.717) is 19.3 Å². The van der Waals surface area contributed by atoms with Gasteiger partial charge >= 0.3 is 0 Å². The first-order valence-corrected chi connectivity index (χ1v) is 12.2. The van der Waals surface area contributed by atoms with Crippen molar-refractivity contribution >= 4 is 0 Å². The topological polar surface area (TPSA) is 27.7 Å². The Hall–Kier alpha value is -1.06. The molecule has 2 saturated carbocycles. The summed E-state index contributed by atoms with van der Waals surface area (Å²) in [5, 5.41) is 0. The number of hydrogen-bond donors (Lipinski definition) is 0. The minimum atomic E-state index is -0.159. The zero-order valence-electron chi connectivity index (χ0n) is 18.9. The molecule has 3 heteroatoms. The summed E-state index contributed by atoms with van der Waals surface area (Å²) >= 11 is 0. The Bertz CT molecular complexity index is 564. The average molecular weight is 403 g/mol. The third-order valence-corrected chi connectivity index (χ3v) is 7.16. The minimum Gasteiger partial charge on any atom is -0.491 e. The molecule has 0 aliphatic heterocycles. The lowest BCUT2D eigenvalue weighted by atomic mass is 9.78. The third-order valence-electron chi connectivity index (χ3n) is 7.16. The molecule has 164 valence electrons. The molecular formula is C26H42O3. The normalized spacial score (nSPS) is 25.5. The molecule has 0 amide bonds. The zero-order valence-corrected chi connectivity index (χ0v) is 18.9. The number of ether oxygens (including phenoxy) is 3. The van der Waals surface area contributed by atoms with Crippen molar-refractivity contribution in [2.45, 2.75) is 103 Å². The van der Waals surface area contributed by atoms with Crippen LogP contribution in [0.1, 0.15) is 96.5 Å². The fourth-order valence-electron chi connectivity index (χ4n) is 5.11. The van der Waals surface area contributed by atoms with E-state index in [9.17, 15) is 0 Å². The van der Waals surface area contributed by atoms with Crippen molar-refractivity contribution in [1.82, 2.24) is 0 Å². The monoisotopic (exact) mass is 402 g/mol. The number of benzene rings is 1. The summed E-state index contributed by atoms with van der Waals surface area (Å²) in [6, 6.07) is 8.71. The van der Waals surface area contributed by atoms with Gasteiger partial charge in [0.25, 0.3) is 0 Å². The van der Waals surface area contributed by atoms with E-state index in [-0.39, 0.29) is 6.29 Å². The highest BCUT2D eigenvalue weighted by atomic mass is 16.7. The fourth-order valence-corrected chi connectivity index (χ4v) is 5.11. The smallest absolute Gasteiger partial charge is 0.155 e. The van der Waals surface area contributed by atoms with Gasteiger partial charge in [-0.15, -0.1) is 0 Å². The van der Waals surface area contributed by atoms with E-state index in [1.807, 2.05) is 6.92 Å². The molecule has 4 unspecified atom stereocenters. The molecule has 0 radical (unpaired) electrons. The molecule has 4 atom stereocenters. The van der Waals surface area contributed by atoms with Gasteiger partial charge in [0.15, 0.2) is 6.29 Å². The van der Waals surface area contributed by atoms with Crippen LogP contribution in [0.3, 0.4) is 0 Å². The maximum atomic E-state index is 6.17. The predicted octanol–water partition coefficient (Wildman–Crippen LogP) is 7.10. The predicted molar refractivity (Wildman–Crippen MR) is 119 cm³/mol.